The molecule has 1 aromatic heterocycles. The molecule has 0 aliphatic rings. The predicted molar refractivity (Wildman–Crippen MR) is 64.4 cm³/mol. The van der Waals surface area contributed by atoms with Gasteiger partial charge < -0.3 is 14.5 Å². The molecule has 96 valence electrons. The SMILES string of the molecule is COCC(Cl)CCNC(=O)c1oc(C)nc1C. The molecule has 0 bridgehead atoms. The Balaban J connectivity index is 2.37. The number of carbonyl (C=O) groups is 1. The van der Waals surface area contributed by atoms with Gasteiger partial charge in [-0.1, -0.05) is 0 Å². The van der Waals surface area contributed by atoms with Crippen LogP contribution in [0.2, 0.25) is 0 Å². The van der Waals surface area contributed by atoms with E-state index in [-0.39, 0.29) is 17.0 Å². The van der Waals surface area contributed by atoms with Gasteiger partial charge in [-0.25, -0.2) is 4.98 Å². The highest BCUT2D eigenvalue weighted by atomic mass is 35.5. The molecule has 1 aromatic rings. The first-order valence-electron chi connectivity index (χ1n) is 5.39. The number of halogens is 1. The maximum Gasteiger partial charge on any atom is 0.289 e. The summed E-state index contributed by atoms with van der Waals surface area (Å²) in [6.45, 7) is 4.39. The van der Waals surface area contributed by atoms with Gasteiger partial charge in [0.2, 0.25) is 5.76 Å². The number of ether oxygens (including phenoxy) is 1. The first-order chi connectivity index (χ1) is 8.04. The van der Waals surface area contributed by atoms with Crippen molar-refractivity contribution in [1.82, 2.24) is 10.3 Å². The van der Waals surface area contributed by atoms with Crippen molar-refractivity contribution in [3.8, 4) is 0 Å². The smallest absolute Gasteiger partial charge is 0.289 e. The Bertz CT molecular complexity index is 379. The summed E-state index contributed by atoms with van der Waals surface area (Å²) in [5, 5.41) is 2.63. The van der Waals surface area contributed by atoms with E-state index in [0.29, 0.717) is 31.2 Å². The van der Waals surface area contributed by atoms with Crippen molar-refractivity contribution in [3.05, 3.63) is 17.3 Å². The topological polar surface area (TPSA) is 64.4 Å². The van der Waals surface area contributed by atoms with E-state index in [1.165, 1.54) is 0 Å². The highest BCUT2D eigenvalue weighted by molar-refractivity contribution is 6.20. The van der Waals surface area contributed by atoms with Crippen molar-refractivity contribution in [1.29, 1.82) is 0 Å². The number of oxazole rings is 1. The predicted octanol–water partition coefficient (Wildman–Crippen LogP) is 1.67. The van der Waals surface area contributed by atoms with Crippen molar-refractivity contribution < 1.29 is 13.9 Å². The van der Waals surface area contributed by atoms with Gasteiger partial charge in [0.25, 0.3) is 5.91 Å². The molecule has 1 unspecified atom stereocenters. The van der Waals surface area contributed by atoms with E-state index in [9.17, 15) is 4.79 Å². The molecule has 0 aromatic carbocycles. The van der Waals surface area contributed by atoms with Crippen molar-refractivity contribution in [3.63, 3.8) is 0 Å². The van der Waals surface area contributed by atoms with Gasteiger partial charge in [-0.05, 0) is 13.3 Å². The summed E-state index contributed by atoms with van der Waals surface area (Å²) in [5.41, 5.74) is 0.597. The van der Waals surface area contributed by atoms with Crippen LogP contribution < -0.4 is 5.32 Å². The second kappa shape index (κ2) is 6.61. The summed E-state index contributed by atoms with van der Waals surface area (Å²) < 4.78 is 10.1. The minimum atomic E-state index is -0.260. The number of rotatable bonds is 6. The molecular weight excluding hydrogens is 244 g/mol. The molecule has 1 rings (SSSR count). The van der Waals surface area contributed by atoms with Crippen LogP contribution in [0.15, 0.2) is 4.42 Å². The van der Waals surface area contributed by atoms with Crippen LogP contribution in [0.3, 0.4) is 0 Å². The zero-order valence-electron chi connectivity index (χ0n) is 10.2. The van der Waals surface area contributed by atoms with E-state index < -0.39 is 0 Å². The number of nitrogens with one attached hydrogen (secondary N) is 1. The number of nitrogens with zero attached hydrogens (tertiary/aromatic N) is 1. The molecular formula is C11H17ClN2O3. The minimum absolute atomic E-state index is 0.0992. The van der Waals surface area contributed by atoms with Crippen LogP contribution in [-0.2, 0) is 4.74 Å². The van der Waals surface area contributed by atoms with Gasteiger partial charge in [0.1, 0.15) is 0 Å². The Morgan fingerprint density at radius 2 is 2.29 bits per heavy atom. The molecule has 0 saturated carbocycles. The van der Waals surface area contributed by atoms with Crippen LogP contribution in [0.4, 0.5) is 0 Å². The van der Waals surface area contributed by atoms with Gasteiger partial charge >= 0.3 is 0 Å². The molecule has 0 spiro atoms. The average molecular weight is 261 g/mol. The lowest BCUT2D eigenvalue weighted by atomic mass is 10.3. The summed E-state index contributed by atoms with van der Waals surface area (Å²) in [5.74, 6) is 0.493. The molecule has 0 aliphatic heterocycles. The molecule has 6 heteroatoms. The number of carbonyl (C=O) groups excluding carboxylic acids is 1. The number of alkyl halides is 1. The monoisotopic (exact) mass is 260 g/mol. The summed E-state index contributed by atoms with van der Waals surface area (Å²) in [6.07, 6.45) is 0.646. The molecule has 17 heavy (non-hydrogen) atoms. The third kappa shape index (κ3) is 4.36. The van der Waals surface area contributed by atoms with Gasteiger partial charge in [0.15, 0.2) is 5.89 Å². The van der Waals surface area contributed by atoms with E-state index >= 15 is 0 Å². The average Bonchev–Trinajstić information content (AvgIpc) is 2.58. The first kappa shape index (κ1) is 14.0. The Morgan fingerprint density at radius 1 is 1.59 bits per heavy atom. The van der Waals surface area contributed by atoms with E-state index in [1.54, 1.807) is 21.0 Å². The van der Waals surface area contributed by atoms with Crippen molar-refractivity contribution in [2.75, 3.05) is 20.3 Å². The first-order valence-corrected chi connectivity index (χ1v) is 5.83. The van der Waals surface area contributed by atoms with Gasteiger partial charge in [-0.2, -0.15) is 0 Å². The summed E-state index contributed by atoms with van der Waals surface area (Å²) in [7, 11) is 1.59. The van der Waals surface area contributed by atoms with Gasteiger partial charge in [0, 0.05) is 20.6 Å². The second-order valence-electron chi connectivity index (χ2n) is 3.74. The Kier molecular flexibility index (Phi) is 5.44. The van der Waals surface area contributed by atoms with E-state index in [2.05, 4.69) is 10.3 Å². The summed E-state index contributed by atoms with van der Waals surface area (Å²) in [6, 6.07) is 0. The lowest BCUT2D eigenvalue weighted by Gasteiger charge is -2.08. The molecule has 0 radical (unpaired) electrons. The largest absolute Gasteiger partial charge is 0.436 e. The van der Waals surface area contributed by atoms with Crippen molar-refractivity contribution in [2.24, 2.45) is 0 Å². The lowest BCUT2D eigenvalue weighted by Crippen LogP contribution is -2.27. The number of hydrogen-bond acceptors (Lipinski definition) is 4. The number of hydrogen-bond donors (Lipinski definition) is 1. The zero-order chi connectivity index (χ0) is 12.8. The molecule has 1 heterocycles. The number of aryl methyl sites for hydroxylation is 2. The fourth-order valence-corrected chi connectivity index (χ4v) is 1.66. The maximum atomic E-state index is 11.7. The van der Waals surface area contributed by atoms with Crippen LogP contribution in [0.25, 0.3) is 0 Å². The van der Waals surface area contributed by atoms with Gasteiger partial charge in [-0.3, -0.25) is 4.79 Å². The standard InChI is InChI=1S/C11H17ClN2O3/c1-7-10(17-8(2)14-7)11(15)13-5-4-9(12)6-16-3/h9H,4-6H2,1-3H3,(H,13,15). The molecule has 0 saturated heterocycles. The molecule has 1 atom stereocenters. The van der Waals surface area contributed by atoms with Crippen molar-refractivity contribution in [2.45, 2.75) is 25.6 Å². The Morgan fingerprint density at radius 3 is 2.82 bits per heavy atom. The van der Waals surface area contributed by atoms with E-state index in [0.717, 1.165) is 0 Å². The van der Waals surface area contributed by atoms with Gasteiger partial charge in [-0.15, -0.1) is 11.6 Å². The van der Waals surface area contributed by atoms with Crippen LogP contribution in [-0.4, -0.2) is 36.5 Å². The number of methoxy groups -OCH3 is 1. The second-order valence-corrected chi connectivity index (χ2v) is 4.36. The third-order valence-electron chi connectivity index (χ3n) is 2.20. The highest BCUT2D eigenvalue weighted by Crippen LogP contribution is 2.09. The minimum Gasteiger partial charge on any atom is -0.436 e. The molecule has 5 nitrogen and oxygen atoms in total. The number of amides is 1. The Hall–Kier alpha value is -1.07. The highest BCUT2D eigenvalue weighted by Gasteiger charge is 2.15. The van der Waals surface area contributed by atoms with E-state index in [4.69, 9.17) is 20.8 Å². The third-order valence-corrected chi connectivity index (χ3v) is 2.54. The van der Waals surface area contributed by atoms with Crippen LogP contribution in [0.1, 0.15) is 28.6 Å². The fraction of sp³-hybridized carbons (Fsp3) is 0.636. The molecule has 0 aliphatic carbocycles. The number of aromatic nitrogens is 1. The van der Waals surface area contributed by atoms with E-state index in [1.807, 2.05) is 0 Å². The van der Waals surface area contributed by atoms with Crippen LogP contribution in [0.5, 0.6) is 0 Å². The Labute approximate surface area is 105 Å². The molecule has 0 fully saturated rings. The molecule has 1 amide bonds. The zero-order valence-corrected chi connectivity index (χ0v) is 11.0. The van der Waals surface area contributed by atoms with Crippen LogP contribution in [0, 0.1) is 13.8 Å². The molecule has 1 N–H and O–H groups in total. The normalized spacial score (nSPS) is 12.5. The van der Waals surface area contributed by atoms with Gasteiger partial charge in [0.05, 0.1) is 17.7 Å². The quantitative estimate of drug-likeness (QED) is 0.790. The summed E-state index contributed by atoms with van der Waals surface area (Å²) >= 11 is 5.93. The lowest BCUT2D eigenvalue weighted by molar-refractivity contribution is 0.0922. The maximum absolute atomic E-state index is 11.7. The van der Waals surface area contributed by atoms with Crippen molar-refractivity contribution >= 4 is 17.5 Å². The van der Waals surface area contributed by atoms with Crippen LogP contribution >= 0.6 is 11.6 Å². The summed E-state index contributed by atoms with van der Waals surface area (Å²) in [4.78, 5) is 15.7. The fourth-order valence-electron chi connectivity index (χ4n) is 1.43.